The van der Waals surface area contributed by atoms with Crippen LogP contribution in [0.2, 0.25) is 5.02 Å². The largest absolute Gasteiger partial charge is 0.457 e. The number of anilines is 1. The zero-order valence-electron chi connectivity index (χ0n) is 14.5. The van der Waals surface area contributed by atoms with Gasteiger partial charge in [-0.25, -0.2) is 4.79 Å². The molecule has 1 heterocycles. The third kappa shape index (κ3) is 3.89. The summed E-state index contributed by atoms with van der Waals surface area (Å²) in [6.07, 6.45) is 0. The standard InChI is InChI=1S/C22H14ClNO4/c23-15-6-11-20-14(12-15)13-19(22(26)28-20)21(25)24-16-7-9-18(10-8-16)27-17-4-2-1-3-5-17/h1-13H,(H,24,25). The Labute approximate surface area is 165 Å². The van der Waals surface area contributed by atoms with Crippen molar-refractivity contribution in [3.8, 4) is 11.5 Å². The monoisotopic (exact) mass is 391 g/mol. The van der Waals surface area contributed by atoms with Crippen molar-refractivity contribution >= 4 is 34.2 Å². The van der Waals surface area contributed by atoms with E-state index in [0.29, 0.717) is 33.2 Å². The van der Waals surface area contributed by atoms with Crippen LogP contribution in [0.4, 0.5) is 5.69 Å². The number of hydrogen-bond donors (Lipinski definition) is 1. The number of rotatable bonds is 4. The summed E-state index contributed by atoms with van der Waals surface area (Å²) in [5, 5.41) is 3.74. The highest BCUT2D eigenvalue weighted by molar-refractivity contribution is 6.31. The Morgan fingerprint density at radius 1 is 0.893 bits per heavy atom. The predicted octanol–water partition coefficient (Wildman–Crippen LogP) is 5.49. The summed E-state index contributed by atoms with van der Waals surface area (Å²) in [5.74, 6) is 0.781. The van der Waals surface area contributed by atoms with E-state index in [0.717, 1.165) is 0 Å². The van der Waals surface area contributed by atoms with Crippen molar-refractivity contribution in [2.75, 3.05) is 5.32 Å². The highest BCUT2D eigenvalue weighted by Gasteiger charge is 2.14. The molecule has 0 unspecified atom stereocenters. The number of nitrogens with one attached hydrogen (secondary N) is 1. The third-order valence-corrected chi connectivity index (χ3v) is 4.27. The van der Waals surface area contributed by atoms with Gasteiger partial charge in [-0.2, -0.15) is 0 Å². The molecule has 4 aromatic rings. The highest BCUT2D eigenvalue weighted by atomic mass is 35.5. The predicted molar refractivity (Wildman–Crippen MR) is 108 cm³/mol. The molecule has 1 aromatic heterocycles. The van der Waals surface area contributed by atoms with Gasteiger partial charge in [0, 0.05) is 16.1 Å². The van der Waals surface area contributed by atoms with Crippen molar-refractivity contribution < 1.29 is 13.9 Å². The van der Waals surface area contributed by atoms with E-state index in [1.54, 1.807) is 42.5 Å². The van der Waals surface area contributed by atoms with Crippen LogP contribution < -0.4 is 15.7 Å². The number of fused-ring (bicyclic) bond motifs is 1. The lowest BCUT2D eigenvalue weighted by atomic mass is 10.1. The number of para-hydroxylation sites is 1. The van der Waals surface area contributed by atoms with E-state index in [-0.39, 0.29) is 5.56 Å². The normalized spacial score (nSPS) is 10.6. The lowest BCUT2D eigenvalue weighted by molar-refractivity contribution is 0.102. The Morgan fingerprint density at radius 3 is 2.36 bits per heavy atom. The van der Waals surface area contributed by atoms with Gasteiger partial charge in [0.05, 0.1) is 0 Å². The minimum absolute atomic E-state index is 0.0978. The van der Waals surface area contributed by atoms with Crippen LogP contribution in [-0.2, 0) is 0 Å². The Morgan fingerprint density at radius 2 is 1.61 bits per heavy atom. The van der Waals surface area contributed by atoms with Gasteiger partial charge in [0.15, 0.2) is 0 Å². The maximum absolute atomic E-state index is 12.5. The minimum Gasteiger partial charge on any atom is -0.457 e. The molecule has 1 amide bonds. The van der Waals surface area contributed by atoms with Crippen LogP contribution in [0.25, 0.3) is 11.0 Å². The first kappa shape index (κ1) is 17.8. The Hall–Kier alpha value is -3.57. The summed E-state index contributed by atoms with van der Waals surface area (Å²) in [6.45, 7) is 0. The average Bonchev–Trinajstić information content (AvgIpc) is 2.70. The fourth-order valence-electron chi connectivity index (χ4n) is 2.68. The molecule has 0 aliphatic carbocycles. The van der Waals surface area contributed by atoms with Gasteiger partial charge in [-0.05, 0) is 60.7 Å². The molecule has 0 saturated carbocycles. The quantitative estimate of drug-likeness (QED) is 0.467. The number of benzene rings is 3. The first-order valence-corrected chi connectivity index (χ1v) is 8.84. The number of amides is 1. The molecule has 0 aliphatic heterocycles. The van der Waals surface area contributed by atoms with Crippen molar-refractivity contribution in [2.45, 2.75) is 0 Å². The van der Waals surface area contributed by atoms with Crippen LogP contribution in [0.15, 0.2) is 88.1 Å². The summed E-state index contributed by atoms with van der Waals surface area (Å²) >= 11 is 5.96. The molecule has 0 atom stereocenters. The van der Waals surface area contributed by atoms with Gasteiger partial charge in [0.2, 0.25) is 0 Å². The number of ether oxygens (including phenoxy) is 1. The summed E-state index contributed by atoms with van der Waals surface area (Å²) in [4.78, 5) is 24.6. The van der Waals surface area contributed by atoms with Crippen LogP contribution >= 0.6 is 11.6 Å². The molecule has 0 bridgehead atoms. The summed E-state index contributed by atoms with van der Waals surface area (Å²) in [7, 11) is 0. The molecule has 0 radical (unpaired) electrons. The molecule has 1 N–H and O–H groups in total. The molecule has 5 nitrogen and oxygen atoms in total. The van der Waals surface area contributed by atoms with Gasteiger partial charge < -0.3 is 14.5 Å². The molecule has 0 fully saturated rings. The van der Waals surface area contributed by atoms with Crippen LogP contribution in [0, 0.1) is 0 Å². The van der Waals surface area contributed by atoms with Gasteiger partial charge in [-0.15, -0.1) is 0 Å². The highest BCUT2D eigenvalue weighted by Crippen LogP contribution is 2.23. The Bertz CT molecular complexity index is 1200. The topological polar surface area (TPSA) is 68.5 Å². The number of halogens is 1. The number of carbonyl (C=O) groups excluding carboxylic acids is 1. The smallest absolute Gasteiger partial charge is 0.349 e. The van der Waals surface area contributed by atoms with Gasteiger partial charge in [-0.1, -0.05) is 29.8 Å². The van der Waals surface area contributed by atoms with E-state index >= 15 is 0 Å². The second-order valence-corrected chi connectivity index (χ2v) is 6.46. The SMILES string of the molecule is O=C(Nc1ccc(Oc2ccccc2)cc1)c1cc2cc(Cl)ccc2oc1=O. The second-order valence-electron chi connectivity index (χ2n) is 6.02. The lowest BCUT2D eigenvalue weighted by Gasteiger charge is -2.08. The molecule has 6 heteroatoms. The van der Waals surface area contributed by atoms with E-state index in [2.05, 4.69) is 5.32 Å². The average molecular weight is 392 g/mol. The zero-order chi connectivity index (χ0) is 19.5. The van der Waals surface area contributed by atoms with E-state index < -0.39 is 11.5 Å². The van der Waals surface area contributed by atoms with Crippen molar-refractivity contribution in [1.82, 2.24) is 0 Å². The fourth-order valence-corrected chi connectivity index (χ4v) is 2.86. The Kier molecular flexibility index (Phi) is 4.83. The maximum atomic E-state index is 12.5. The molecular formula is C22H14ClNO4. The van der Waals surface area contributed by atoms with E-state index in [9.17, 15) is 9.59 Å². The van der Waals surface area contributed by atoms with Gasteiger partial charge in [0.25, 0.3) is 5.91 Å². The molecule has 138 valence electrons. The van der Waals surface area contributed by atoms with Gasteiger partial charge in [-0.3, -0.25) is 4.79 Å². The molecule has 3 aromatic carbocycles. The third-order valence-electron chi connectivity index (χ3n) is 4.03. The van der Waals surface area contributed by atoms with Crippen LogP contribution in [0.3, 0.4) is 0 Å². The van der Waals surface area contributed by atoms with Crippen LogP contribution in [0.1, 0.15) is 10.4 Å². The van der Waals surface area contributed by atoms with Crippen molar-refractivity contribution in [1.29, 1.82) is 0 Å². The first-order valence-electron chi connectivity index (χ1n) is 8.46. The molecule has 0 saturated heterocycles. The zero-order valence-corrected chi connectivity index (χ0v) is 15.3. The summed E-state index contributed by atoms with van der Waals surface area (Å²) < 4.78 is 10.9. The van der Waals surface area contributed by atoms with Gasteiger partial charge >= 0.3 is 5.63 Å². The number of carbonyl (C=O) groups is 1. The molecule has 4 rings (SSSR count). The second kappa shape index (κ2) is 7.58. The Balaban J connectivity index is 1.52. The van der Waals surface area contributed by atoms with Crippen molar-refractivity contribution in [3.05, 3.63) is 99.9 Å². The summed E-state index contributed by atoms with van der Waals surface area (Å²) in [5.41, 5.74) is 0.0834. The molecular weight excluding hydrogens is 378 g/mol. The summed E-state index contributed by atoms with van der Waals surface area (Å²) in [6, 6.07) is 22.5. The molecule has 0 aliphatic rings. The fraction of sp³-hybridized carbons (Fsp3) is 0. The van der Waals surface area contributed by atoms with Crippen LogP contribution in [0.5, 0.6) is 11.5 Å². The minimum atomic E-state index is -0.712. The van der Waals surface area contributed by atoms with E-state index in [4.69, 9.17) is 20.8 Å². The van der Waals surface area contributed by atoms with Gasteiger partial charge in [0.1, 0.15) is 22.6 Å². The van der Waals surface area contributed by atoms with Crippen LogP contribution in [-0.4, -0.2) is 5.91 Å². The van der Waals surface area contributed by atoms with Crippen molar-refractivity contribution in [3.63, 3.8) is 0 Å². The lowest BCUT2D eigenvalue weighted by Crippen LogP contribution is -2.20. The molecule has 28 heavy (non-hydrogen) atoms. The van der Waals surface area contributed by atoms with E-state index in [1.807, 2.05) is 30.3 Å². The number of hydrogen-bond acceptors (Lipinski definition) is 4. The molecule has 0 spiro atoms. The van der Waals surface area contributed by atoms with E-state index in [1.165, 1.54) is 6.07 Å². The van der Waals surface area contributed by atoms with Crippen molar-refractivity contribution in [2.24, 2.45) is 0 Å². The maximum Gasteiger partial charge on any atom is 0.349 e. The first-order chi connectivity index (χ1) is 13.6.